The van der Waals surface area contributed by atoms with Crippen LogP contribution >= 0.6 is 0 Å². The Kier molecular flexibility index (Phi) is 5.97. The molecule has 0 aliphatic carbocycles. The topological polar surface area (TPSA) is 47.3 Å². The Morgan fingerprint density at radius 2 is 1.76 bits per heavy atom. The van der Waals surface area contributed by atoms with Gasteiger partial charge >= 0.3 is 0 Å². The number of allylic oxidation sites excluding steroid dienone is 1. The van der Waals surface area contributed by atoms with Crippen LogP contribution in [0.4, 0.5) is 4.39 Å². The molecule has 5 rings (SSSR count). The molecule has 1 atom stereocenters. The van der Waals surface area contributed by atoms with E-state index in [1.807, 2.05) is 48.5 Å². The lowest BCUT2D eigenvalue weighted by atomic mass is 9.88. The third kappa shape index (κ3) is 4.16. The highest BCUT2D eigenvalue weighted by molar-refractivity contribution is 6.00. The molecule has 0 spiro atoms. The molecule has 33 heavy (non-hydrogen) atoms. The third-order valence-corrected chi connectivity index (χ3v) is 6.31. The molecular formula is C28H27FN2O2. The smallest absolute Gasteiger partial charge is 0.240 e. The van der Waals surface area contributed by atoms with Crippen LogP contribution in [0.15, 0.2) is 72.8 Å². The molecule has 1 saturated heterocycles. The number of hydrogen-bond donors (Lipinski definition) is 1. The predicted molar refractivity (Wildman–Crippen MR) is 129 cm³/mol. The Hall–Kier alpha value is -3.44. The molecule has 0 bridgehead atoms. The van der Waals surface area contributed by atoms with Crippen LogP contribution in [0.25, 0.3) is 22.0 Å². The second-order valence-electron chi connectivity index (χ2n) is 8.41. The maximum Gasteiger partial charge on any atom is 0.240 e. The maximum atomic E-state index is 15.0. The van der Waals surface area contributed by atoms with Gasteiger partial charge in [0.1, 0.15) is 5.75 Å². The van der Waals surface area contributed by atoms with E-state index in [1.54, 1.807) is 16.8 Å². The lowest BCUT2D eigenvalue weighted by molar-refractivity contribution is -0.0375. The highest BCUT2D eigenvalue weighted by Crippen LogP contribution is 2.37. The second-order valence-corrected chi connectivity index (χ2v) is 8.41. The van der Waals surface area contributed by atoms with Crippen molar-refractivity contribution in [1.82, 2.24) is 9.78 Å². The molecule has 4 nitrogen and oxygen atoms in total. The van der Waals surface area contributed by atoms with Crippen LogP contribution in [-0.2, 0) is 4.74 Å². The number of fused-ring (bicyclic) bond motifs is 1. The van der Waals surface area contributed by atoms with Crippen molar-refractivity contribution in [3.05, 3.63) is 95.4 Å². The van der Waals surface area contributed by atoms with Crippen LogP contribution in [-0.4, -0.2) is 21.5 Å². The summed E-state index contributed by atoms with van der Waals surface area (Å²) in [6, 6.07) is 23.3. The van der Waals surface area contributed by atoms with Crippen LogP contribution < -0.4 is 0 Å². The monoisotopic (exact) mass is 442 g/mol. The minimum absolute atomic E-state index is 0.214. The first kappa shape index (κ1) is 21.4. The van der Waals surface area contributed by atoms with Crippen molar-refractivity contribution in [3.8, 4) is 5.75 Å². The highest BCUT2D eigenvalue weighted by atomic mass is 19.1. The molecule has 1 fully saturated rings. The van der Waals surface area contributed by atoms with Crippen LogP contribution in [0.5, 0.6) is 5.75 Å². The molecule has 1 N–H and O–H groups in total. The lowest BCUT2D eigenvalue weighted by Gasteiger charge is -2.23. The van der Waals surface area contributed by atoms with Crippen molar-refractivity contribution in [2.24, 2.45) is 0 Å². The Balaban J connectivity index is 1.69. The molecule has 1 aliphatic heterocycles. The van der Waals surface area contributed by atoms with E-state index in [0.29, 0.717) is 12.0 Å². The fourth-order valence-electron chi connectivity index (χ4n) is 4.70. The molecule has 3 aromatic carbocycles. The quantitative estimate of drug-likeness (QED) is 0.340. The van der Waals surface area contributed by atoms with E-state index in [4.69, 9.17) is 4.74 Å². The largest absolute Gasteiger partial charge is 0.508 e. The first-order valence-corrected chi connectivity index (χ1v) is 11.5. The summed E-state index contributed by atoms with van der Waals surface area (Å²) in [5, 5.41) is 14.5. The van der Waals surface area contributed by atoms with Gasteiger partial charge in [-0.3, -0.25) is 0 Å². The van der Waals surface area contributed by atoms with Gasteiger partial charge in [-0.05, 0) is 77.8 Å². The normalized spacial score (nSPS) is 17.2. The number of aromatic nitrogens is 2. The van der Waals surface area contributed by atoms with E-state index in [1.165, 1.54) is 0 Å². The standard InChI is InChI=1S/C28H27FN2O2/c1-2-23(19-8-4-3-5-9-19)27(20-11-14-22(32)15-12-20)21-13-16-25-24(18-21)28(29)30-31(25)26-10-6-7-17-33-26/h3-5,8-9,11-16,18,26,32H,2,6-7,10,17H2,1H3. The van der Waals surface area contributed by atoms with E-state index in [2.05, 4.69) is 24.2 Å². The van der Waals surface area contributed by atoms with Crippen molar-refractivity contribution in [2.75, 3.05) is 6.61 Å². The summed E-state index contributed by atoms with van der Waals surface area (Å²) in [7, 11) is 0. The molecule has 1 aliphatic rings. The molecule has 0 amide bonds. The van der Waals surface area contributed by atoms with E-state index in [-0.39, 0.29) is 12.0 Å². The number of rotatable bonds is 5. The molecular weight excluding hydrogens is 415 g/mol. The molecule has 1 unspecified atom stereocenters. The van der Waals surface area contributed by atoms with Gasteiger partial charge in [0.2, 0.25) is 5.95 Å². The maximum absolute atomic E-state index is 15.0. The third-order valence-electron chi connectivity index (χ3n) is 6.31. The number of ether oxygens (including phenoxy) is 1. The van der Waals surface area contributed by atoms with Crippen molar-refractivity contribution in [1.29, 1.82) is 0 Å². The van der Waals surface area contributed by atoms with Gasteiger partial charge in [0, 0.05) is 6.61 Å². The number of phenols is 1. The number of nitrogens with zero attached hydrogens (tertiary/aromatic N) is 2. The average Bonchev–Trinajstić information content (AvgIpc) is 3.20. The molecule has 5 heteroatoms. The van der Waals surface area contributed by atoms with Crippen molar-refractivity contribution < 1.29 is 14.2 Å². The molecule has 0 saturated carbocycles. The molecule has 4 aromatic rings. The average molecular weight is 443 g/mol. The van der Waals surface area contributed by atoms with Gasteiger partial charge in [-0.2, -0.15) is 4.39 Å². The second kappa shape index (κ2) is 9.20. The predicted octanol–water partition coefficient (Wildman–Crippen LogP) is 6.95. The summed E-state index contributed by atoms with van der Waals surface area (Å²) in [5.74, 6) is -0.269. The summed E-state index contributed by atoms with van der Waals surface area (Å²) in [6.45, 7) is 2.80. The van der Waals surface area contributed by atoms with Gasteiger partial charge in [-0.25, -0.2) is 4.68 Å². The summed E-state index contributed by atoms with van der Waals surface area (Å²) in [5.41, 5.74) is 5.92. The zero-order chi connectivity index (χ0) is 22.8. The van der Waals surface area contributed by atoms with Crippen LogP contribution in [0.3, 0.4) is 0 Å². The van der Waals surface area contributed by atoms with E-state index >= 15 is 4.39 Å². The highest BCUT2D eigenvalue weighted by Gasteiger charge is 2.22. The van der Waals surface area contributed by atoms with Crippen molar-refractivity contribution in [3.63, 3.8) is 0 Å². The molecule has 0 radical (unpaired) electrons. The number of benzene rings is 3. The molecule has 2 heterocycles. The van der Waals surface area contributed by atoms with Crippen molar-refractivity contribution >= 4 is 22.0 Å². The number of halogens is 1. The Morgan fingerprint density at radius 3 is 2.45 bits per heavy atom. The van der Waals surface area contributed by atoms with Crippen molar-refractivity contribution in [2.45, 2.75) is 38.8 Å². The fourth-order valence-corrected chi connectivity index (χ4v) is 4.70. The van der Waals surface area contributed by atoms with Gasteiger partial charge in [0.25, 0.3) is 0 Å². The fraction of sp³-hybridized carbons (Fsp3) is 0.250. The van der Waals surface area contributed by atoms with Gasteiger partial charge in [0.05, 0.1) is 10.9 Å². The summed E-state index contributed by atoms with van der Waals surface area (Å²) >= 11 is 0. The zero-order valence-corrected chi connectivity index (χ0v) is 18.7. The first-order valence-electron chi connectivity index (χ1n) is 11.5. The van der Waals surface area contributed by atoms with Gasteiger partial charge in [-0.15, -0.1) is 5.10 Å². The molecule has 1 aromatic heterocycles. The Bertz CT molecular complexity index is 1290. The minimum Gasteiger partial charge on any atom is -0.508 e. The minimum atomic E-state index is -0.483. The Labute approximate surface area is 192 Å². The summed E-state index contributed by atoms with van der Waals surface area (Å²) in [6.07, 6.45) is 3.50. The molecule has 168 valence electrons. The summed E-state index contributed by atoms with van der Waals surface area (Å²) in [4.78, 5) is 0. The number of aromatic hydroxyl groups is 1. The zero-order valence-electron chi connectivity index (χ0n) is 18.7. The lowest BCUT2D eigenvalue weighted by Crippen LogP contribution is -2.19. The Morgan fingerprint density at radius 1 is 1.00 bits per heavy atom. The van der Waals surface area contributed by atoms with Gasteiger partial charge in [0.15, 0.2) is 6.23 Å². The number of hydrogen-bond acceptors (Lipinski definition) is 3. The van der Waals surface area contributed by atoms with E-state index in [9.17, 15) is 5.11 Å². The number of phenolic OH excluding ortho intramolecular Hbond substituents is 1. The van der Waals surface area contributed by atoms with E-state index < -0.39 is 5.95 Å². The van der Waals surface area contributed by atoms with Crippen LogP contribution in [0, 0.1) is 5.95 Å². The van der Waals surface area contributed by atoms with Crippen LogP contribution in [0.1, 0.15) is 55.5 Å². The summed E-state index contributed by atoms with van der Waals surface area (Å²) < 4.78 is 22.6. The first-order chi connectivity index (χ1) is 16.2. The van der Waals surface area contributed by atoms with E-state index in [0.717, 1.165) is 59.0 Å². The van der Waals surface area contributed by atoms with Crippen LogP contribution in [0.2, 0.25) is 0 Å². The SMILES string of the molecule is CCC(=C(c1ccc(O)cc1)c1ccc2c(c1)c(F)nn2C1CCCCO1)c1ccccc1. The van der Waals surface area contributed by atoms with Gasteiger partial charge < -0.3 is 9.84 Å². The van der Waals surface area contributed by atoms with Gasteiger partial charge in [-0.1, -0.05) is 55.5 Å².